The normalized spacial score (nSPS) is 14.2. The number of nitrogens with one attached hydrogen (secondary N) is 1. The SMILES string of the molecule is COc1cccc(CN(C(=O)CN(c2cc(C)cc(C)c2)S(=O)(=O)c2ccc(OC)c(OC)c2)[C@H](C)C(=O)NC2CCCCC2)c1. The molecule has 1 aliphatic rings. The van der Waals surface area contributed by atoms with Crippen LogP contribution in [0.25, 0.3) is 0 Å². The van der Waals surface area contributed by atoms with Crippen molar-refractivity contribution in [1.82, 2.24) is 10.2 Å². The van der Waals surface area contributed by atoms with E-state index in [9.17, 15) is 18.0 Å². The van der Waals surface area contributed by atoms with Crippen molar-refractivity contribution in [2.45, 2.75) is 76.4 Å². The Hall–Kier alpha value is -4.25. The summed E-state index contributed by atoms with van der Waals surface area (Å²) in [4.78, 5) is 29.3. The van der Waals surface area contributed by atoms with Crippen molar-refractivity contribution in [2.24, 2.45) is 0 Å². The molecule has 2 amide bonds. The fraction of sp³-hybridized carbons (Fsp3) is 0.429. The number of carbonyl (C=O) groups is 2. The van der Waals surface area contributed by atoms with Gasteiger partial charge in [0.25, 0.3) is 10.0 Å². The van der Waals surface area contributed by atoms with Gasteiger partial charge in [-0.05, 0) is 86.7 Å². The van der Waals surface area contributed by atoms with Crippen molar-refractivity contribution in [3.63, 3.8) is 0 Å². The molecule has 0 saturated heterocycles. The molecular weight excluding hydrogens is 606 g/mol. The first-order valence-corrected chi connectivity index (χ1v) is 17.0. The molecule has 4 rings (SSSR count). The molecule has 0 radical (unpaired) electrons. The predicted octanol–water partition coefficient (Wildman–Crippen LogP) is 5.39. The van der Waals surface area contributed by atoms with Crippen LogP contribution < -0.4 is 23.8 Å². The van der Waals surface area contributed by atoms with Crippen molar-refractivity contribution in [3.05, 3.63) is 77.4 Å². The number of amides is 2. The van der Waals surface area contributed by atoms with Crippen LogP contribution in [0, 0.1) is 13.8 Å². The van der Waals surface area contributed by atoms with E-state index in [0.717, 1.165) is 53.1 Å². The summed E-state index contributed by atoms with van der Waals surface area (Å²) in [6, 6.07) is 16.1. The highest BCUT2D eigenvalue weighted by atomic mass is 32.2. The Morgan fingerprint density at radius 1 is 0.870 bits per heavy atom. The lowest BCUT2D eigenvalue weighted by atomic mass is 9.95. The predicted molar refractivity (Wildman–Crippen MR) is 178 cm³/mol. The number of carbonyl (C=O) groups excluding carboxylic acids is 2. The van der Waals surface area contributed by atoms with Gasteiger partial charge in [0.15, 0.2) is 11.5 Å². The number of sulfonamides is 1. The lowest BCUT2D eigenvalue weighted by Crippen LogP contribution is -2.53. The Balaban J connectivity index is 1.74. The average molecular weight is 652 g/mol. The number of hydrogen-bond donors (Lipinski definition) is 1. The number of benzene rings is 3. The summed E-state index contributed by atoms with van der Waals surface area (Å²) < 4.78 is 45.9. The first-order chi connectivity index (χ1) is 22.0. The Bertz CT molecular complexity index is 1620. The first kappa shape index (κ1) is 34.6. The maximum absolute atomic E-state index is 14.4. The molecule has 0 heterocycles. The fourth-order valence-electron chi connectivity index (χ4n) is 5.85. The van der Waals surface area contributed by atoms with Gasteiger partial charge in [0.2, 0.25) is 11.8 Å². The van der Waals surface area contributed by atoms with Crippen LogP contribution in [0.1, 0.15) is 55.7 Å². The van der Waals surface area contributed by atoms with Gasteiger partial charge in [0.1, 0.15) is 18.3 Å². The van der Waals surface area contributed by atoms with Crippen molar-refractivity contribution in [1.29, 1.82) is 0 Å². The highest BCUT2D eigenvalue weighted by Crippen LogP contribution is 2.33. The summed E-state index contributed by atoms with van der Waals surface area (Å²) in [5.74, 6) is 0.416. The second kappa shape index (κ2) is 15.4. The maximum atomic E-state index is 14.4. The van der Waals surface area contributed by atoms with Gasteiger partial charge in [0.05, 0.1) is 31.9 Å². The lowest BCUT2D eigenvalue weighted by molar-refractivity contribution is -0.139. The smallest absolute Gasteiger partial charge is 0.264 e. The van der Waals surface area contributed by atoms with E-state index in [-0.39, 0.29) is 29.1 Å². The van der Waals surface area contributed by atoms with Crippen molar-refractivity contribution < 1.29 is 32.2 Å². The molecule has 46 heavy (non-hydrogen) atoms. The van der Waals surface area contributed by atoms with E-state index >= 15 is 0 Å². The third-order valence-corrected chi connectivity index (χ3v) is 10.1. The van der Waals surface area contributed by atoms with Crippen LogP contribution in [0.15, 0.2) is 65.6 Å². The highest BCUT2D eigenvalue weighted by Gasteiger charge is 2.34. The van der Waals surface area contributed by atoms with Crippen LogP contribution in [0.5, 0.6) is 17.2 Å². The van der Waals surface area contributed by atoms with Gasteiger partial charge < -0.3 is 24.4 Å². The molecule has 0 spiro atoms. The third-order valence-electron chi connectivity index (χ3n) is 8.32. The van der Waals surface area contributed by atoms with E-state index in [2.05, 4.69) is 5.32 Å². The van der Waals surface area contributed by atoms with E-state index in [1.807, 2.05) is 32.0 Å². The molecule has 0 aliphatic heterocycles. The Kier molecular flexibility index (Phi) is 11.6. The van der Waals surface area contributed by atoms with E-state index < -0.39 is 28.5 Å². The summed E-state index contributed by atoms with van der Waals surface area (Å²) in [6.07, 6.45) is 5.03. The van der Waals surface area contributed by atoms with Gasteiger partial charge in [-0.3, -0.25) is 13.9 Å². The second-order valence-corrected chi connectivity index (χ2v) is 13.6. The molecule has 1 atom stereocenters. The van der Waals surface area contributed by atoms with Gasteiger partial charge in [-0.2, -0.15) is 0 Å². The lowest BCUT2D eigenvalue weighted by Gasteiger charge is -2.33. The minimum absolute atomic E-state index is 0.0506. The molecular formula is C35H45N3O7S. The molecule has 11 heteroatoms. The number of rotatable bonds is 13. The van der Waals surface area contributed by atoms with E-state index in [1.165, 1.54) is 37.3 Å². The summed E-state index contributed by atoms with van der Waals surface area (Å²) in [6.45, 7) is 4.95. The fourth-order valence-corrected chi connectivity index (χ4v) is 7.26. The van der Waals surface area contributed by atoms with Crippen LogP contribution in [0.2, 0.25) is 0 Å². The third kappa shape index (κ3) is 8.31. The molecule has 0 unspecified atom stereocenters. The topological polar surface area (TPSA) is 114 Å². The minimum Gasteiger partial charge on any atom is -0.497 e. The number of aryl methyl sites for hydroxylation is 2. The Labute approximate surface area is 272 Å². The molecule has 1 saturated carbocycles. The highest BCUT2D eigenvalue weighted by molar-refractivity contribution is 7.92. The molecule has 1 N–H and O–H groups in total. The molecule has 3 aromatic carbocycles. The minimum atomic E-state index is -4.30. The Morgan fingerprint density at radius 3 is 2.17 bits per heavy atom. The standard InChI is InChI=1S/C35H45N3O7S/c1-24-17-25(2)19-29(18-24)38(46(41,42)31-15-16-32(44-5)33(21-31)45-6)23-34(39)37(22-27-11-10-14-30(20-27)43-4)26(3)35(40)36-28-12-8-7-9-13-28/h10-11,14-21,26,28H,7-9,12-13,22-23H2,1-6H3,(H,36,40)/t26-/m1/s1. The molecule has 10 nitrogen and oxygen atoms in total. The van der Waals surface area contributed by atoms with Crippen molar-refractivity contribution in [2.75, 3.05) is 32.2 Å². The van der Waals surface area contributed by atoms with Gasteiger partial charge in [-0.15, -0.1) is 0 Å². The quantitative estimate of drug-likeness (QED) is 0.264. The molecule has 0 bridgehead atoms. The first-order valence-electron chi connectivity index (χ1n) is 15.5. The molecule has 3 aromatic rings. The summed E-state index contributed by atoms with van der Waals surface area (Å²) in [5, 5.41) is 3.13. The van der Waals surface area contributed by atoms with E-state index in [4.69, 9.17) is 14.2 Å². The molecule has 1 fully saturated rings. The van der Waals surface area contributed by atoms with Gasteiger partial charge in [-0.1, -0.05) is 37.5 Å². The summed E-state index contributed by atoms with van der Waals surface area (Å²) >= 11 is 0. The molecule has 0 aromatic heterocycles. The number of anilines is 1. The van der Waals surface area contributed by atoms with Crippen LogP contribution in [-0.2, 0) is 26.2 Å². The molecule has 248 valence electrons. The van der Waals surface area contributed by atoms with Crippen LogP contribution in [0.4, 0.5) is 5.69 Å². The van der Waals surface area contributed by atoms with Gasteiger partial charge in [-0.25, -0.2) is 8.42 Å². The number of nitrogens with zero attached hydrogens (tertiary/aromatic N) is 2. The monoisotopic (exact) mass is 651 g/mol. The number of ether oxygens (including phenoxy) is 3. The van der Waals surface area contributed by atoms with Crippen molar-refractivity contribution in [3.8, 4) is 17.2 Å². The zero-order chi connectivity index (χ0) is 33.4. The van der Waals surface area contributed by atoms with Crippen molar-refractivity contribution >= 4 is 27.5 Å². The van der Waals surface area contributed by atoms with E-state index in [1.54, 1.807) is 38.3 Å². The zero-order valence-corrected chi connectivity index (χ0v) is 28.4. The van der Waals surface area contributed by atoms with Gasteiger partial charge >= 0.3 is 0 Å². The average Bonchev–Trinajstić information content (AvgIpc) is 3.05. The van der Waals surface area contributed by atoms with Gasteiger partial charge in [0, 0.05) is 18.7 Å². The zero-order valence-electron chi connectivity index (χ0n) is 27.5. The summed E-state index contributed by atoms with van der Waals surface area (Å²) in [5.41, 5.74) is 2.75. The van der Waals surface area contributed by atoms with E-state index in [0.29, 0.717) is 17.2 Å². The number of methoxy groups -OCH3 is 3. The molecule has 1 aliphatic carbocycles. The largest absolute Gasteiger partial charge is 0.497 e. The Morgan fingerprint density at radius 2 is 1.54 bits per heavy atom. The van der Waals surface area contributed by atoms with Crippen LogP contribution >= 0.6 is 0 Å². The van der Waals surface area contributed by atoms with Crippen LogP contribution in [-0.4, -0.2) is 65.1 Å². The maximum Gasteiger partial charge on any atom is 0.264 e. The second-order valence-electron chi connectivity index (χ2n) is 11.8. The number of hydrogen-bond acceptors (Lipinski definition) is 7. The van der Waals surface area contributed by atoms with Crippen LogP contribution in [0.3, 0.4) is 0 Å². The summed E-state index contributed by atoms with van der Waals surface area (Å²) in [7, 11) is 0.156.